The smallest absolute Gasteiger partial charge is 0.280 e. The number of carbonyl (C=O) groups excluding carboxylic acids is 2. The molecule has 2 N–H and O–H groups in total. The average molecular weight is 401 g/mol. The van der Waals surface area contributed by atoms with Crippen molar-refractivity contribution in [2.75, 3.05) is 46.4 Å². The second-order valence-corrected chi connectivity index (χ2v) is 7.30. The molecule has 1 aliphatic heterocycles. The number of methoxy groups -OCH3 is 1. The monoisotopic (exact) mass is 400 g/mol. The number of carbonyl (C=O) groups is 2. The first-order valence-electron chi connectivity index (χ1n) is 9.17. The van der Waals surface area contributed by atoms with E-state index >= 15 is 0 Å². The lowest BCUT2D eigenvalue weighted by Crippen LogP contribution is -2.49. The minimum atomic E-state index is -0.336. The topological polar surface area (TPSA) is 83.6 Å². The van der Waals surface area contributed by atoms with E-state index in [1.165, 1.54) is 11.3 Å². The van der Waals surface area contributed by atoms with Gasteiger partial charge >= 0.3 is 0 Å². The van der Waals surface area contributed by atoms with Crippen LogP contribution in [0.4, 0.5) is 0 Å². The second-order valence-electron chi connectivity index (χ2n) is 6.27. The van der Waals surface area contributed by atoms with Crippen molar-refractivity contribution in [1.82, 2.24) is 20.5 Å². The van der Waals surface area contributed by atoms with Gasteiger partial charge in [-0.1, -0.05) is 36.4 Å². The fourth-order valence-corrected chi connectivity index (χ4v) is 3.79. The van der Waals surface area contributed by atoms with Crippen LogP contribution in [0.15, 0.2) is 36.4 Å². The highest BCUT2D eigenvalue weighted by Crippen LogP contribution is 2.29. The fourth-order valence-electron chi connectivity index (χ4n) is 2.85. The van der Waals surface area contributed by atoms with Crippen LogP contribution in [0.2, 0.25) is 0 Å². The third-order valence-electron chi connectivity index (χ3n) is 4.30. The fraction of sp³-hybridized carbons (Fsp3) is 0.350. The van der Waals surface area contributed by atoms with Crippen LogP contribution in [0.25, 0.3) is 17.3 Å². The summed E-state index contributed by atoms with van der Waals surface area (Å²) in [6.07, 6.45) is 3.79. The van der Waals surface area contributed by atoms with Crippen LogP contribution in [0, 0.1) is 0 Å². The first kappa shape index (κ1) is 20.2. The summed E-state index contributed by atoms with van der Waals surface area (Å²) in [5, 5.41) is 6.24. The molecule has 0 radical (unpaired) electrons. The molecule has 1 aliphatic rings. The molecular formula is C20H24N4O3S. The Morgan fingerprint density at radius 1 is 1.29 bits per heavy atom. The van der Waals surface area contributed by atoms with Gasteiger partial charge in [-0.25, -0.2) is 4.98 Å². The van der Waals surface area contributed by atoms with E-state index in [-0.39, 0.29) is 18.4 Å². The molecule has 1 aromatic carbocycles. The number of nitrogens with zero attached hydrogens (tertiary/aromatic N) is 2. The average Bonchev–Trinajstić information content (AvgIpc) is 3.17. The quantitative estimate of drug-likeness (QED) is 0.738. The van der Waals surface area contributed by atoms with Gasteiger partial charge in [0.2, 0.25) is 5.91 Å². The number of ether oxygens (including phenoxy) is 1. The standard InChI is InChI=1S/C20H24N4O3S/c1-27-13-5-8-16-18(15-6-3-2-4-7-15)23-20(28-16)19(26)22-14-17(25)24-11-9-21-10-12-24/h2-8,21H,9-14H2,1H3,(H,22,26). The zero-order valence-electron chi connectivity index (χ0n) is 15.8. The van der Waals surface area contributed by atoms with Crippen molar-refractivity contribution in [1.29, 1.82) is 0 Å². The first-order chi connectivity index (χ1) is 13.7. The van der Waals surface area contributed by atoms with Crippen molar-refractivity contribution in [3.05, 3.63) is 46.3 Å². The Bertz CT molecular complexity index is 829. The third kappa shape index (κ3) is 5.25. The van der Waals surface area contributed by atoms with Crippen LogP contribution in [-0.4, -0.2) is 68.1 Å². The molecule has 0 spiro atoms. The molecule has 7 nitrogen and oxygen atoms in total. The van der Waals surface area contributed by atoms with E-state index < -0.39 is 0 Å². The number of benzene rings is 1. The highest BCUT2D eigenvalue weighted by atomic mass is 32.1. The maximum atomic E-state index is 12.6. The van der Waals surface area contributed by atoms with Crippen molar-refractivity contribution in [3.8, 4) is 11.3 Å². The highest BCUT2D eigenvalue weighted by molar-refractivity contribution is 7.15. The van der Waals surface area contributed by atoms with E-state index in [1.807, 2.05) is 42.5 Å². The largest absolute Gasteiger partial charge is 0.381 e. The molecule has 8 heteroatoms. The van der Waals surface area contributed by atoms with Gasteiger partial charge in [-0.2, -0.15) is 0 Å². The number of aromatic nitrogens is 1. The number of piperazine rings is 1. The van der Waals surface area contributed by atoms with E-state index in [1.54, 1.807) is 12.0 Å². The van der Waals surface area contributed by atoms with Crippen molar-refractivity contribution in [3.63, 3.8) is 0 Å². The Balaban J connectivity index is 1.71. The number of rotatable bonds is 7. The van der Waals surface area contributed by atoms with E-state index in [0.717, 1.165) is 29.2 Å². The summed E-state index contributed by atoms with van der Waals surface area (Å²) in [5.41, 5.74) is 1.68. The number of nitrogens with one attached hydrogen (secondary N) is 2. The van der Waals surface area contributed by atoms with Crippen molar-refractivity contribution in [2.45, 2.75) is 0 Å². The Hall–Kier alpha value is -2.55. The lowest BCUT2D eigenvalue weighted by molar-refractivity contribution is -0.130. The van der Waals surface area contributed by atoms with Gasteiger partial charge in [0.05, 0.1) is 23.7 Å². The number of thiazole rings is 1. The van der Waals surface area contributed by atoms with Gasteiger partial charge in [0.1, 0.15) is 0 Å². The van der Waals surface area contributed by atoms with Crippen LogP contribution in [0.5, 0.6) is 0 Å². The summed E-state index contributed by atoms with van der Waals surface area (Å²) >= 11 is 1.30. The van der Waals surface area contributed by atoms with Crippen LogP contribution < -0.4 is 10.6 Å². The van der Waals surface area contributed by atoms with Crippen LogP contribution in [-0.2, 0) is 9.53 Å². The molecule has 2 heterocycles. The minimum absolute atomic E-state index is 0.0199. The Labute approximate surface area is 168 Å². The summed E-state index contributed by atoms with van der Waals surface area (Å²) in [7, 11) is 1.63. The van der Waals surface area contributed by atoms with E-state index in [4.69, 9.17) is 4.74 Å². The molecule has 28 heavy (non-hydrogen) atoms. The van der Waals surface area contributed by atoms with E-state index in [9.17, 15) is 9.59 Å². The van der Waals surface area contributed by atoms with Crippen LogP contribution in [0.1, 0.15) is 14.7 Å². The zero-order chi connectivity index (χ0) is 19.8. The molecule has 1 aromatic heterocycles. The maximum absolute atomic E-state index is 12.6. The van der Waals surface area contributed by atoms with Crippen LogP contribution in [0.3, 0.4) is 0 Å². The highest BCUT2D eigenvalue weighted by Gasteiger charge is 2.20. The van der Waals surface area contributed by atoms with Crippen molar-refractivity contribution in [2.24, 2.45) is 0 Å². The second kappa shape index (κ2) is 10.1. The Kier molecular flexibility index (Phi) is 7.30. The minimum Gasteiger partial charge on any atom is -0.381 e. The lowest BCUT2D eigenvalue weighted by atomic mass is 10.1. The first-order valence-corrected chi connectivity index (χ1v) is 9.99. The molecule has 0 bridgehead atoms. The summed E-state index contributed by atoms with van der Waals surface area (Å²) in [5.74, 6) is -0.410. The molecule has 2 amide bonds. The van der Waals surface area contributed by atoms with Gasteiger partial charge < -0.3 is 20.3 Å². The molecule has 2 aromatic rings. The molecule has 0 saturated carbocycles. The van der Waals surface area contributed by atoms with Gasteiger partial charge in [0.25, 0.3) is 5.91 Å². The van der Waals surface area contributed by atoms with E-state index in [2.05, 4.69) is 15.6 Å². The maximum Gasteiger partial charge on any atom is 0.280 e. The normalized spacial score (nSPS) is 14.4. The molecule has 0 aliphatic carbocycles. The molecular weight excluding hydrogens is 376 g/mol. The number of hydrogen-bond donors (Lipinski definition) is 2. The van der Waals surface area contributed by atoms with Crippen molar-refractivity contribution >= 4 is 29.2 Å². The summed E-state index contributed by atoms with van der Waals surface area (Å²) in [4.78, 5) is 32.0. The van der Waals surface area contributed by atoms with Gasteiger partial charge in [-0.05, 0) is 6.08 Å². The predicted molar refractivity (Wildman–Crippen MR) is 110 cm³/mol. The van der Waals surface area contributed by atoms with Gasteiger partial charge in [0, 0.05) is 38.9 Å². The SMILES string of the molecule is COCC=Cc1sc(C(=O)NCC(=O)N2CCNCC2)nc1-c1ccccc1. The molecule has 1 fully saturated rings. The summed E-state index contributed by atoms with van der Waals surface area (Å²) in [6.45, 7) is 3.35. The van der Waals surface area contributed by atoms with Crippen LogP contribution >= 0.6 is 11.3 Å². The summed E-state index contributed by atoms with van der Waals surface area (Å²) in [6, 6.07) is 9.72. The molecule has 148 valence electrons. The third-order valence-corrected chi connectivity index (χ3v) is 5.32. The van der Waals surface area contributed by atoms with E-state index in [0.29, 0.717) is 24.7 Å². The zero-order valence-corrected chi connectivity index (χ0v) is 16.6. The molecule has 1 saturated heterocycles. The van der Waals surface area contributed by atoms with Gasteiger partial charge in [-0.15, -0.1) is 11.3 Å². The Morgan fingerprint density at radius 2 is 2.04 bits per heavy atom. The number of hydrogen-bond acceptors (Lipinski definition) is 6. The Morgan fingerprint density at radius 3 is 2.75 bits per heavy atom. The van der Waals surface area contributed by atoms with Crippen molar-refractivity contribution < 1.29 is 14.3 Å². The molecule has 0 unspecified atom stereocenters. The predicted octanol–water partition coefficient (Wildman–Crippen LogP) is 1.63. The molecule has 3 rings (SSSR count). The lowest BCUT2D eigenvalue weighted by Gasteiger charge is -2.27. The van der Waals surface area contributed by atoms with Gasteiger partial charge in [0.15, 0.2) is 5.01 Å². The summed E-state index contributed by atoms with van der Waals surface area (Å²) < 4.78 is 5.06. The number of amides is 2. The molecule has 0 atom stereocenters. The van der Waals surface area contributed by atoms with Gasteiger partial charge in [-0.3, -0.25) is 9.59 Å².